The van der Waals surface area contributed by atoms with Gasteiger partial charge in [-0.05, 0) is 66.3 Å². The summed E-state index contributed by atoms with van der Waals surface area (Å²) in [4.78, 5) is 12.7. The van der Waals surface area contributed by atoms with E-state index in [0.29, 0.717) is 5.82 Å². The summed E-state index contributed by atoms with van der Waals surface area (Å²) in [7, 11) is 0. The number of nitrogens with zero attached hydrogens (tertiary/aromatic N) is 5. The molecule has 4 heterocycles. The molecule has 0 bridgehead atoms. The number of anilines is 2. The monoisotopic (exact) mass is 432 g/mol. The van der Waals surface area contributed by atoms with E-state index in [4.69, 9.17) is 4.98 Å². The van der Waals surface area contributed by atoms with Gasteiger partial charge < -0.3 is 10.3 Å². The molecule has 0 radical (unpaired) electrons. The molecule has 0 saturated heterocycles. The lowest BCUT2D eigenvalue weighted by molar-refractivity contribution is 0.900. The van der Waals surface area contributed by atoms with Crippen LogP contribution in [0.1, 0.15) is 11.3 Å². The van der Waals surface area contributed by atoms with E-state index in [1.165, 1.54) is 16.6 Å². The lowest BCUT2D eigenvalue weighted by Crippen LogP contribution is -1.96. The third-order valence-electron chi connectivity index (χ3n) is 5.63. The maximum absolute atomic E-state index is 4.72. The van der Waals surface area contributed by atoms with E-state index < -0.39 is 0 Å². The van der Waals surface area contributed by atoms with E-state index in [0.717, 1.165) is 46.3 Å². The minimum absolute atomic E-state index is 0.672. The molecule has 3 N–H and O–H groups in total. The van der Waals surface area contributed by atoms with Crippen LogP contribution in [-0.4, -0.2) is 35.3 Å². The van der Waals surface area contributed by atoms with Crippen molar-refractivity contribution in [3.63, 3.8) is 0 Å². The number of aryl methyl sites for hydroxylation is 2. The Morgan fingerprint density at radius 2 is 1.79 bits per heavy atom. The summed E-state index contributed by atoms with van der Waals surface area (Å²) in [5.74, 6) is 1.41. The van der Waals surface area contributed by atoms with Crippen LogP contribution in [0.2, 0.25) is 0 Å². The van der Waals surface area contributed by atoms with Gasteiger partial charge in [-0.15, -0.1) is 0 Å². The zero-order valence-electron chi connectivity index (χ0n) is 17.7. The first-order chi connectivity index (χ1) is 16.3. The Balaban J connectivity index is 1.23. The first-order valence-corrected chi connectivity index (χ1v) is 10.7. The smallest absolute Gasteiger partial charge is 0.161 e. The number of aromatic nitrogens is 7. The molecule has 6 rings (SSSR count). The van der Waals surface area contributed by atoms with Crippen molar-refractivity contribution < 1.29 is 0 Å². The van der Waals surface area contributed by atoms with Gasteiger partial charge in [0.2, 0.25) is 0 Å². The Hall–Kier alpha value is -4.59. The Bertz CT molecular complexity index is 1550. The average Bonchev–Trinajstić information content (AvgIpc) is 3.49. The molecule has 0 atom stereocenters. The van der Waals surface area contributed by atoms with Crippen molar-refractivity contribution in [2.24, 2.45) is 0 Å². The molecule has 0 fully saturated rings. The van der Waals surface area contributed by atoms with Gasteiger partial charge in [-0.25, -0.2) is 9.97 Å². The zero-order chi connectivity index (χ0) is 22.0. The number of rotatable bonds is 6. The van der Waals surface area contributed by atoms with Crippen LogP contribution in [-0.2, 0) is 12.8 Å². The topological polar surface area (TPSA) is 108 Å². The van der Waals surface area contributed by atoms with E-state index in [9.17, 15) is 0 Å². The predicted molar refractivity (Wildman–Crippen MR) is 128 cm³/mol. The molecule has 0 aliphatic carbocycles. The molecule has 0 spiro atoms. The largest absolute Gasteiger partial charge is 0.358 e. The maximum Gasteiger partial charge on any atom is 0.161 e. The number of fused-ring (bicyclic) bond motifs is 2. The first kappa shape index (κ1) is 19.1. The van der Waals surface area contributed by atoms with Crippen molar-refractivity contribution in [2.45, 2.75) is 12.8 Å². The third-order valence-corrected chi connectivity index (χ3v) is 5.63. The zero-order valence-corrected chi connectivity index (χ0v) is 17.7. The summed E-state index contributed by atoms with van der Waals surface area (Å²) in [5, 5.41) is 20.4. The SMILES string of the molecule is c1cc(CCc2cc3ccc(-c4nccc(Nc5ccc6[nH]ncc6c5)n4)cc3[nH]2)cnn1. The molecule has 160 valence electrons. The summed E-state index contributed by atoms with van der Waals surface area (Å²) < 4.78 is 0. The van der Waals surface area contributed by atoms with E-state index in [1.54, 1.807) is 18.6 Å². The summed E-state index contributed by atoms with van der Waals surface area (Å²) in [6.07, 6.45) is 8.94. The standard InChI is InChI=1S/C25H20N8/c1(16-7-10-27-28-14-16)4-20-11-17-2-3-18(13-23(17)30-20)25-26-9-8-24(32-25)31-21-5-6-22-19(12-21)15-29-33-22/h2-3,5-15,30H,1,4H2,(H,29,33)(H,26,31,32). The number of H-pyrrole nitrogens is 2. The average molecular weight is 432 g/mol. The molecular weight excluding hydrogens is 412 g/mol. The van der Waals surface area contributed by atoms with Gasteiger partial charge in [0.25, 0.3) is 0 Å². The Kier molecular flexibility index (Phi) is 4.73. The van der Waals surface area contributed by atoms with Crippen LogP contribution in [0.15, 0.2) is 79.4 Å². The van der Waals surface area contributed by atoms with Crippen LogP contribution in [0.25, 0.3) is 33.2 Å². The van der Waals surface area contributed by atoms with Gasteiger partial charge in [-0.1, -0.05) is 12.1 Å². The van der Waals surface area contributed by atoms with Gasteiger partial charge >= 0.3 is 0 Å². The highest BCUT2D eigenvalue weighted by Crippen LogP contribution is 2.25. The van der Waals surface area contributed by atoms with Crippen LogP contribution in [0.4, 0.5) is 11.5 Å². The van der Waals surface area contributed by atoms with Crippen molar-refractivity contribution in [2.75, 3.05) is 5.32 Å². The van der Waals surface area contributed by atoms with Gasteiger partial charge in [-0.3, -0.25) is 5.10 Å². The van der Waals surface area contributed by atoms with Crippen LogP contribution >= 0.6 is 0 Å². The summed E-state index contributed by atoms with van der Waals surface area (Å²) >= 11 is 0. The second kappa shape index (κ2) is 8.16. The molecule has 8 nitrogen and oxygen atoms in total. The van der Waals surface area contributed by atoms with E-state index in [1.807, 2.05) is 36.5 Å². The molecule has 6 aromatic rings. The van der Waals surface area contributed by atoms with Gasteiger partial charge in [0.15, 0.2) is 5.82 Å². The number of benzene rings is 2. The maximum atomic E-state index is 4.72. The van der Waals surface area contributed by atoms with Crippen LogP contribution in [0, 0.1) is 0 Å². The van der Waals surface area contributed by atoms with Crippen molar-refractivity contribution >= 4 is 33.3 Å². The molecule has 8 heteroatoms. The lowest BCUT2D eigenvalue weighted by Gasteiger charge is -2.07. The van der Waals surface area contributed by atoms with Gasteiger partial charge in [0.05, 0.1) is 17.9 Å². The molecule has 33 heavy (non-hydrogen) atoms. The van der Waals surface area contributed by atoms with Crippen LogP contribution in [0.5, 0.6) is 0 Å². The minimum Gasteiger partial charge on any atom is -0.358 e. The number of hydrogen-bond acceptors (Lipinski definition) is 6. The highest BCUT2D eigenvalue weighted by molar-refractivity contribution is 5.85. The highest BCUT2D eigenvalue weighted by atomic mass is 15.1. The van der Waals surface area contributed by atoms with Gasteiger partial charge in [0.1, 0.15) is 5.82 Å². The molecule has 0 unspecified atom stereocenters. The normalized spacial score (nSPS) is 11.3. The molecule has 4 aromatic heterocycles. The van der Waals surface area contributed by atoms with Crippen molar-refractivity contribution in [1.29, 1.82) is 0 Å². The molecular formula is C25H20N8. The van der Waals surface area contributed by atoms with E-state index in [2.05, 4.69) is 59.9 Å². The van der Waals surface area contributed by atoms with Crippen molar-refractivity contribution in [1.82, 2.24) is 35.3 Å². The second-order valence-electron chi connectivity index (χ2n) is 7.91. The van der Waals surface area contributed by atoms with Crippen molar-refractivity contribution in [3.8, 4) is 11.4 Å². The fraction of sp³-hybridized carbons (Fsp3) is 0.0800. The highest BCUT2D eigenvalue weighted by Gasteiger charge is 2.08. The quantitative estimate of drug-likeness (QED) is 0.348. The Labute approximate surface area is 189 Å². The predicted octanol–water partition coefficient (Wildman–Crippen LogP) is 4.82. The molecule has 0 amide bonds. The number of aromatic amines is 2. The lowest BCUT2D eigenvalue weighted by atomic mass is 10.1. The van der Waals surface area contributed by atoms with Crippen molar-refractivity contribution in [3.05, 3.63) is 90.6 Å². The molecule has 0 aliphatic heterocycles. The molecule has 0 saturated carbocycles. The molecule has 0 aliphatic rings. The fourth-order valence-corrected chi connectivity index (χ4v) is 3.94. The van der Waals surface area contributed by atoms with Gasteiger partial charge in [0, 0.05) is 40.2 Å². The summed E-state index contributed by atoms with van der Waals surface area (Å²) in [6, 6.07) is 18.3. The van der Waals surface area contributed by atoms with E-state index in [-0.39, 0.29) is 0 Å². The van der Waals surface area contributed by atoms with Crippen LogP contribution < -0.4 is 5.32 Å². The Morgan fingerprint density at radius 1 is 0.788 bits per heavy atom. The van der Waals surface area contributed by atoms with Crippen LogP contribution in [0.3, 0.4) is 0 Å². The minimum atomic E-state index is 0.672. The van der Waals surface area contributed by atoms with E-state index >= 15 is 0 Å². The summed E-state index contributed by atoms with van der Waals surface area (Å²) in [6.45, 7) is 0. The molecule has 2 aromatic carbocycles. The van der Waals surface area contributed by atoms with Gasteiger partial charge in [-0.2, -0.15) is 15.3 Å². The number of hydrogen-bond donors (Lipinski definition) is 3. The number of nitrogens with one attached hydrogen (secondary N) is 3. The Morgan fingerprint density at radius 3 is 2.73 bits per heavy atom. The third kappa shape index (κ3) is 4.01. The first-order valence-electron chi connectivity index (χ1n) is 10.7. The second-order valence-corrected chi connectivity index (χ2v) is 7.91. The summed E-state index contributed by atoms with van der Waals surface area (Å²) in [5.41, 5.74) is 6.34. The fourth-order valence-electron chi connectivity index (χ4n) is 3.94.